The van der Waals surface area contributed by atoms with Gasteiger partial charge in [-0.1, -0.05) is 15.9 Å². The summed E-state index contributed by atoms with van der Waals surface area (Å²) in [6.45, 7) is 2.04. The molecular formula is C14H15BrN6O3. The first-order valence-electron chi connectivity index (χ1n) is 7.14. The summed E-state index contributed by atoms with van der Waals surface area (Å²) in [7, 11) is 3.33. The summed E-state index contributed by atoms with van der Waals surface area (Å²) < 4.78 is 13.4. The van der Waals surface area contributed by atoms with Crippen LogP contribution in [0.5, 0.6) is 5.88 Å². The Morgan fingerprint density at radius 3 is 2.83 bits per heavy atom. The lowest BCUT2D eigenvalue weighted by Gasteiger charge is -2.05. The zero-order valence-electron chi connectivity index (χ0n) is 13.4. The minimum absolute atomic E-state index is 0.282. The number of halogens is 1. The largest absolute Gasteiger partial charge is 0.479 e. The molecule has 3 aromatic rings. The van der Waals surface area contributed by atoms with E-state index >= 15 is 0 Å². The first-order valence-corrected chi connectivity index (χ1v) is 8.26. The van der Waals surface area contributed by atoms with E-state index < -0.39 is 5.97 Å². The maximum atomic E-state index is 11.8. The van der Waals surface area contributed by atoms with Crippen LogP contribution in [0.25, 0.3) is 17.0 Å². The minimum Gasteiger partial charge on any atom is -0.479 e. The molecule has 0 fully saturated rings. The van der Waals surface area contributed by atoms with Crippen molar-refractivity contribution in [2.45, 2.75) is 12.3 Å². The van der Waals surface area contributed by atoms with Gasteiger partial charge in [-0.25, -0.2) is 14.5 Å². The number of alkyl halides is 1. The molecule has 126 valence electrons. The lowest BCUT2D eigenvalue weighted by molar-refractivity contribution is 0.0526. The van der Waals surface area contributed by atoms with Crippen LogP contribution in [0.3, 0.4) is 0 Å². The molecule has 0 saturated heterocycles. The molecule has 0 aliphatic carbocycles. The van der Waals surface area contributed by atoms with E-state index in [0.717, 1.165) is 5.69 Å². The highest BCUT2D eigenvalue weighted by molar-refractivity contribution is 9.08. The standard InChI is InChI=1S/C14H15BrN6O3/c1-4-24-13(22)8-6-16-21(7-8)14-17-10-9(5-15)19-20(2)11(10)12(18-14)23-3/h6-7H,4-5H2,1-3H3. The number of carbonyl (C=O) groups excluding carboxylic acids is 1. The monoisotopic (exact) mass is 394 g/mol. The Kier molecular flexibility index (Phi) is 4.47. The molecule has 0 aliphatic heterocycles. The van der Waals surface area contributed by atoms with Gasteiger partial charge in [0.15, 0.2) is 0 Å². The van der Waals surface area contributed by atoms with Gasteiger partial charge < -0.3 is 9.47 Å². The highest BCUT2D eigenvalue weighted by Crippen LogP contribution is 2.26. The number of rotatable bonds is 5. The van der Waals surface area contributed by atoms with Gasteiger partial charge >= 0.3 is 5.97 Å². The van der Waals surface area contributed by atoms with E-state index in [4.69, 9.17) is 9.47 Å². The van der Waals surface area contributed by atoms with Crippen LogP contribution >= 0.6 is 15.9 Å². The number of hydrogen-bond acceptors (Lipinski definition) is 7. The zero-order valence-corrected chi connectivity index (χ0v) is 14.9. The van der Waals surface area contributed by atoms with Crippen molar-refractivity contribution in [3.63, 3.8) is 0 Å². The number of aryl methyl sites for hydroxylation is 1. The van der Waals surface area contributed by atoms with Crippen LogP contribution in [0, 0.1) is 0 Å². The molecule has 0 aliphatic rings. The second-order valence-corrected chi connectivity index (χ2v) is 5.39. The van der Waals surface area contributed by atoms with Crippen molar-refractivity contribution in [3.8, 4) is 11.8 Å². The number of ether oxygens (including phenoxy) is 2. The molecule has 0 bridgehead atoms. The third-order valence-corrected chi connectivity index (χ3v) is 3.86. The number of hydrogen-bond donors (Lipinski definition) is 0. The molecule has 0 spiro atoms. The van der Waals surface area contributed by atoms with Crippen molar-refractivity contribution in [2.24, 2.45) is 7.05 Å². The quantitative estimate of drug-likeness (QED) is 0.479. The molecule has 3 heterocycles. The van der Waals surface area contributed by atoms with E-state index in [-0.39, 0.29) is 5.95 Å². The molecule has 0 amide bonds. The summed E-state index contributed by atoms with van der Waals surface area (Å²) >= 11 is 3.40. The van der Waals surface area contributed by atoms with E-state index in [1.54, 1.807) is 18.7 Å². The normalized spacial score (nSPS) is 11.0. The van der Waals surface area contributed by atoms with Gasteiger partial charge in [-0.15, -0.1) is 0 Å². The summed E-state index contributed by atoms with van der Waals surface area (Å²) in [6, 6.07) is 0. The smallest absolute Gasteiger partial charge is 0.341 e. The van der Waals surface area contributed by atoms with Gasteiger partial charge in [0.25, 0.3) is 5.95 Å². The highest BCUT2D eigenvalue weighted by Gasteiger charge is 2.19. The van der Waals surface area contributed by atoms with Gasteiger partial charge in [0.2, 0.25) is 5.88 Å². The molecule has 0 radical (unpaired) electrons. The first kappa shape index (κ1) is 16.4. The van der Waals surface area contributed by atoms with Gasteiger partial charge in [-0.2, -0.15) is 15.2 Å². The van der Waals surface area contributed by atoms with Crippen molar-refractivity contribution < 1.29 is 14.3 Å². The Morgan fingerprint density at radius 1 is 1.38 bits per heavy atom. The first-order chi connectivity index (χ1) is 11.6. The van der Waals surface area contributed by atoms with E-state index in [0.29, 0.717) is 34.4 Å². The fourth-order valence-electron chi connectivity index (χ4n) is 2.28. The Morgan fingerprint density at radius 2 is 2.17 bits per heavy atom. The number of esters is 1. The van der Waals surface area contributed by atoms with Crippen LogP contribution in [0.2, 0.25) is 0 Å². The Balaban J connectivity index is 2.11. The van der Waals surface area contributed by atoms with Gasteiger partial charge in [0.05, 0.1) is 31.2 Å². The number of aromatic nitrogens is 6. The summed E-state index contributed by atoms with van der Waals surface area (Å²) in [4.78, 5) is 20.6. The van der Waals surface area contributed by atoms with Crippen LogP contribution < -0.4 is 4.74 Å². The van der Waals surface area contributed by atoms with Crippen molar-refractivity contribution in [1.82, 2.24) is 29.5 Å². The van der Waals surface area contributed by atoms with E-state index in [1.807, 2.05) is 0 Å². The third-order valence-electron chi connectivity index (χ3n) is 3.33. The molecular weight excluding hydrogens is 380 g/mol. The second kappa shape index (κ2) is 6.56. The molecule has 0 atom stereocenters. The lowest BCUT2D eigenvalue weighted by Crippen LogP contribution is -2.06. The van der Waals surface area contributed by atoms with Crippen LogP contribution in [0.4, 0.5) is 0 Å². The summed E-state index contributed by atoms with van der Waals surface area (Å²) in [5.74, 6) is 0.217. The second-order valence-electron chi connectivity index (χ2n) is 4.83. The van der Waals surface area contributed by atoms with Gasteiger partial charge in [0.1, 0.15) is 11.0 Å². The number of carbonyl (C=O) groups is 1. The molecule has 0 aromatic carbocycles. The fourth-order valence-corrected chi connectivity index (χ4v) is 2.66. The summed E-state index contributed by atoms with van der Waals surface area (Å²) in [6.07, 6.45) is 2.93. The van der Waals surface area contributed by atoms with Crippen LogP contribution in [-0.4, -0.2) is 49.2 Å². The summed E-state index contributed by atoms with van der Waals surface area (Å²) in [5, 5.41) is 9.06. The molecule has 9 nitrogen and oxygen atoms in total. The average Bonchev–Trinajstić information content (AvgIpc) is 3.19. The lowest BCUT2D eigenvalue weighted by atomic mass is 10.3. The van der Waals surface area contributed by atoms with E-state index in [9.17, 15) is 4.79 Å². The number of nitrogens with zero attached hydrogens (tertiary/aromatic N) is 6. The van der Waals surface area contributed by atoms with Gasteiger partial charge in [-0.05, 0) is 6.92 Å². The SMILES string of the molecule is CCOC(=O)c1cnn(-c2nc(OC)c3c(n2)c(CBr)nn3C)c1. The van der Waals surface area contributed by atoms with E-state index in [1.165, 1.54) is 24.2 Å². The highest BCUT2D eigenvalue weighted by atomic mass is 79.9. The molecule has 0 unspecified atom stereocenters. The molecule has 10 heteroatoms. The maximum Gasteiger partial charge on any atom is 0.341 e. The molecule has 3 rings (SSSR count). The van der Waals surface area contributed by atoms with Crippen molar-refractivity contribution in [1.29, 1.82) is 0 Å². The predicted octanol–water partition coefficient (Wildman–Crippen LogP) is 1.63. The Bertz CT molecular complexity index is 903. The predicted molar refractivity (Wildman–Crippen MR) is 88.6 cm³/mol. The summed E-state index contributed by atoms with van der Waals surface area (Å²) in [5.41, 5.74) is 2.43. The maximum absolute atomic E-state index is 11.8. The fraction of sp³-hybridized carbons (Fsp3) is 0.357. The number of fused-ring (bicyclic) bond motifs is 1. The number of methoxy groups -OCH3 is 1. The molecule has 3 aromatic heterocycles. The Hall–Kier alpha value is -2.49. The van der Waals surface area contributed by atoms with E-state index in [2.05, 4.69) is 36.1 Å². The van der Waals surface area contributed by atoms with Crippen LogP contribution in [-0.2, 0) is 17.1 Å². The van der Waals surface area contributed by atoms with Crippen LogP contribution in [0.15, 0.2) is 12.4 Å². The Labute approximate surface area is 145 Å². The van der Waals surface area contributed by atoms with Crippen molar-refractivity contribution in [3.05, 3.63) is 23.7 Å². The third kappa shape index (κ3) is 2.73. The van der Waals surface area contributed by atoms with Crippen molar-refractivity contribution in [2.75, 3.05) is 13.7 Å². The molecule has 0 saturated carbocycles. The zero-order chi connectivity index (χ0) is 17.3. The minimum atomic E-state index is -0.445. The van der Waals surface area contributed by atoms with Crippen LogP contribution in [0.1, 0.15) is 23.0 Å². The van der Waals surface area contributed by atoms with Crippen molar-refractivity contribution >= 4 is 32.9 Å². The molecule has 24 heavy (non-hydrogen) atoms. The average molecular weight is 395 g/mol. The van der Waals surface area contributed by atoms with Gasteiger partial charge in [0, 0.05) is 18.6 Å². The van der Waals surface area contributed by atoms with Gasteiger partial charge in [-0.3, -0.25) is 4.68 Å². The topological polar surface area (TPSA) is 96.9 Å². The molecule has 0 N–H and O–H groups in total.